The van der Waals surface area contributed by atoms with Gasteiger partial charge in [-0.1, -0.05) is 11.2 Å². The molecular weight excluding hydrogens is 320 g/mol. The summed E-state index contributed by atoms with van der Waals surface area (Å²) in [6.07, 6.45) is 7.72. The van der Waals surface area contributed by atoms with Crippen molar-refractivity contribution >= 4 is 0 Å². The second-order valence-electron chi connectivity index (χ2n) is 6.16. The van der Waals surface area contributed by atoms with Crippen LogP contribution in [0.15, 0.2) is 51.9 Å². The first-order valence-electron chi connectivity index (χ1n) is 8.46. The first kappa shape index (κ1) is 16.0. The van der Waals surface area contributed by atoms with Crippen molar-refractivity contribution in [3.05, 3.63) is 54.3 Å². The quantitative estimate of drug-likeness (QED) is 0.654. The number of pyridine rings is 1. The molecule has 130 valence electrons. The lowest BCUT2D eigenvalue weighted by atomic mass is 10.2. The Kier molecular flexibility index (Phi) is 4.85. The van der Waals surface area contributed by atoms with Gasteiger partial charge in [0.15, 0.2) is 11.6 Å². The third kappa shape index (κ3) is 4.12. The number of hydrogen-bond acceptors (Lipinski definition) is 7. The van der Waals surface area contributed by atoms with E-state index in [-0.39, 0.29) is 6.10 Å². The Balaban J connectivity index is 1.47. The average molecular weight is 340 g/mol. The Bertz CT molecular complexity index is 767. The molecule has 1 fully saturated rings. The molecular formula is C18H20N4O3. The molecule has 1 aliphatic heterocycles. The topological polar surface area (TPSA) is 77.4 Å². The second-order valence-corrected chi connectivity index (χ2v) is 6.16. The largest absolute Gasteiger partial charge is 0.459 e. The fourth-order valence-electron chi connectivity index (χ4n) is 3.03. The van der Waals surface area contributed by atoms with Crippen molar-refractivity contribution in [2.75, 3.05) is 13.2 Å². The van der Waals surface area contributed by atoms with Gasteiger partial charge in [0, 0.05) is 32.1 Å². The highest BCUT2D eigenvalue weighted by atomic mass is 16.5. The van der Waals surface area contributed by atoms with Crippen LogP contribution in [0.25, 0.3) is 11.7 Å². The minimum Gasteiger partial charge on any atom is -0.459 e. The number of nitrogens with zero attached hydrogens (tertiary/aromatic N) is 4. The molecule has 0 radical (unpaired) electrons. The Labute approximate surface area is 145 Å². The highest BCUT2D eigenvalue weighted by molar-refractivity contribution is 5.42. The third-order valence-electron chi connectivity index (χ3n) is 4.18. The van der Waals surface area contributed by atoms with Gasteiger partial charge in [-0.25, -0.2) is 0 Å². The van der Waals surface area contributed by atoms with E-state index in [1.54, 1.807) is 24.6 Å². The maximum Gasteiger partial charge on any atom is 0.293 e. The zero-order valence-corrected chi connectivity index (χ0v) is 13.9. The van der Waals surface area contributed by atoms with Gasteiger partial charge in [0.05, 0.1) is 18.9 Å². The number of rotatable bonds is 7. The molecule has 0 unspecified atom stereocenters. The van der Waals surface area contributed by atoms with Crippen LogP contribution in [-0.4, -0.2) is 39.3 Å². The number of furan rings is 1. The predicted octanol–water partition coefficient (Wildman–Crippen LogP) is 2.91. The van der Waals surface area contributed by atoms with E-state index in [1.165, 1.54) is 0 Å². The average Bonchev–Trinajstić information content (AvgIpc) is 3.38. The van der Waals surface area contributed by atoms with Gasteiger partial charge in [0.25, 0.3) is 5.89 Å². The lowest BCUT2D eigenvalue weighted by molar-refractivity contribution is 0.0667. The van der Waals surface area contributed by atoms with Gasteiger partial charge in [0.1, 0.15) is 0 Å². The standard InChI is InChI=1S/C18H20N4O3/c1-4-14(10-19-7-1)11-22(12-15-5-2-8-23-15)13-17-20-18(25-21-17)16-6-3-9-24-16/h1,3-4,6-7,9-10,15H,2,5,8,11-13H2/t15-/m1/s1. The highest BCUT2D eigenvalue weighted by Crippen LogP contribution is 2.19. The molecule has 0 N–H and O–H groups in total. The lowest BCUT2D eigenvalue weighted by Gasteiger charge is -2.23. The fourth-order valence-corrected chi connectivity index (χ4v) is 3.03. The van der Waals surface area contributed by atoms with Crippen molar-refractivity contribution in [3.63, 3.8) is 0 Å². The summed E-state index contributed by atoms with van der Waals surface area (Å²) in [7, 11) is 0. The maximum atomic E-state index is 5.79. The summed E-state index contributed by atoms with van der Waals surface area (Å²) in [6, 6.07) is 7.62. The monoisotopic (exact) mass is 340 g/mol. The molecule has 1 atom stereocenters. The Morgan fingerprint density at radius 2 is 2.20 bits per heavy atom. The number of ether oxygens (including phenoxy) is 1. The minimum absolute atomic E-state index is 0.258. The van der Waals surface area contributed by atoms with Gasteiger partial charge in [-0.15, -0.1) is 0 Å². The Morgan fingerprint density at radius 1 is 1.20 bits per heavy atom. The molecule has 4 heterocycles. The Hall–Kier alpha value is -2.51. The van der Waals surface area contributed by atoms with Crippen LogP contribution in [-0.2, 0) is 17.8 Å². The highest BCUT2D eigenvalue weighted by Gasteiger charge is 2.21. The van der Waals surface area contributed by atoms with E-state index in [1.807, 2.05) is 12.3 Å². The molecule has 1 saturated heterocycles. The zero-order valence-electron chi connectivity index (χ0n) is 13.9. The minimum atomic E-state index is 0.258. The summed E-state index contributed by atoms with van der Waals surface area (Å²) in [5.74, 6) is 1.61. The van der Waals surface area contributed by atoms with Gasteiger partial charge in [-0.05, 0) is 36.6 Å². The summed E-state index contributed by atoms with van der Waals surface area (Å²) < 4.78 is 16.4. The molecule has 7 nitrogen and oxygen atoms in total. The second kappa shape index (κ2) is 7.58. The first-order valence-corrected chi connectivity index (χ1v) is 8.46. The van der Waals surface area contributed by atoms with Gasteiger partial charge in [-0.3, -0.25) is 9.88 Å². The molecule has 0 saturated carbocycles. The van der Waals surface area contributed by atoms with Crippen LogP contribution in [0.5, 0.6) is 0 Å². The van der Waals surface area contributed by atoms with E-state index in [2.05, 4.69) is 26.1 Å². The molecule has 25 heavy (non-hydrogen) atoms. The van der Waals surface area contributed by atoms with Gasteiger partial charge in [0.2, 0.25) is 0 Å². The zero-order chi connectivity index (χ0) is 16.9. The molecule has 0 spiro atoms. The molecule has 0 amide bonds. The summed E-state index contributed by atoms with van der Waals surface area (Å²) in [5.41, 5.74) is 1.15. The van der Waals surface area contributed by atoms with Gasteiger partial charge >= 0.3 is 0 Å². The van der Waals surface area contributed by atoms with Gasteiger partial charge < -0.3 is 13.7 Å². The molecule has 0 aliphatic carbocycles. The van der Waals surface area contributed by atoms with E-state index in [0.717, 1.165) is 38.1 Å². The summed E-state index contributed by atoms with van der Waals surface area (Å²) in [6.45, 7) is 3.02. The van der Waals surface area contributed by atoms with Crippen molar-refractivity contribution in [1.29, 1.82) is 0 Å². The maximum absolute atomic E-state index is 5.79. The fraction of sp³-hybridized carbons (Fsp3) is 0.389. The van der Waals surface area contributed by atoms with Gasteiger partial charge in [-0.2, -0.15) is 4.98 Å². The number of hydrogen-bond donors (Lipinski definition) is 0. The molecule has 3 aromatic rings. The molecule has 3 aromatic heterocycles. The summed E-state index contributed by atoms with van der Waals surface area (Å²) in [5, 5.41) is 4.08. The van der Waals surface area contributed by atoms with Crippen LogP contribution in [0.4, 0.5) is 0 Å². The third-order valence-corrected chi connectivity index (χ3v) is 4.18. The number of aromatic nitrogens is 3. The molecule has 0 aromatic carbocycles. The molecule has 0 bridgehead atoms. The predicted molar refractivity (Wildman–Crippen MR) is 89.3 cm³/mol. The molecule has 7 heteroatoms. The summed E-state index contributed by atoms with van der Waals surface area (Å²) >= 11 is 0. The van der Waals surface area contributed by atoms with Crippen molar-refractivity contribution in [2.24, 2.45) is 0 Å². The van der Waals surface area contributed by atoms with Crippen LogP contribution in [0.2, 0.25) is 0 Å². The smallest absolute Gasteiger partial charge is 0.293 e. The Morgan fingerprint density at radius 3 is 2.96 bits per heavy atom. The van der Waals surface area contributed by atoms with Crippen LogP contribution in [0.3, 0.4) is 0 Å². The van der Waals surface area contributed by atoms with E-state index >= 15 is 0 Å². The van der Waals surface area contributed by atoms with E-state index in [4.69, 9.17) is 13.7 Å². The van der Waals surface area contributed by atoms with Crippen LogP contribution in [0, 0.1) is 0 Å². The molecule has 1 aliphatic rings. The van der Waals surface area contributed by atoms with Crippen molar-refractivity contribution in [3.8, 4) is 11.7 Å². The van der Waals surface area contributed by atoms with E-state index in [0.29, 0.717) is 24.0 Å². The van der Waals surface area contributed by atoms with Crippen molar-refractivity contribution < 1.29 is 13.7 Å². The van der Waals surface area contributed by atoms with Crippen molar-refractivity contribution in [1.82, 2.24) is 20.0 Å². The first-order chi connectivity index (χ1) is 12.4. The summed E-state index contributed by atoms with van der Waals surface area (Å²) in [4.78, 5) is 10.9. The van der Waals surface area contributed by atoms with Crippen LogP contribution < -0.4 is 0 Å². The molecule has 4 rings (SSSR count). The van der Waals surface area contributed by atoms with E-state index < -0.39 is 0 Å². The SMILES string of the molecule is c1cncc(CN(Cc2noc(-c3ccco3)n2)C[C@H]2CCCO2)c1. The lowest BCUT2D eigenvalue weighted by Crippen LogP contribution is -2.31. The van der Waals surface area contributed by atoms with Crippen LogP contribution >= 0.6 is 0 Å². The normalized spacial score (nSPS) is 17.4. The van der Waals surface area contributed by atoms with Crippen molar-refractivity contribution in [2.45, 2.75) is 32.0 Å². The van der Waals surface area contributed by atoms with Crippen LogP contribution in [0.1, 0.15) is 24.2 Å². The van der Waals surface area contributed by atoms with E-state index in [9.17, 15) is 0 Å².